The number of halogens is 2. The zero-order chi connectivity index (χ0) is 7.72. The lowest BCUT2D eigenvalue weighted by Crippen LogP contribution is -2.48. The van der Waals surface area contributed by atoms with Crippen LogP contribution in [-0.2, 0) is 0 Å². The summed E-state index contributed by atoms with van der Waals surface area (Å²) in [7, 11) is 0. The monoisotopic (exact) mass is 366 g/mol. The molecule has 0 radical (unpaired) electrons. The lowest BCUT2D eigenvalue weighted by Gasteiger charge is -2.37. The van der Waals surface area contributed by atoms with Crippen molar-refractivity contribution in [3.8, 4) is 0 Å². The normalized spacial score (nSPS) is 38.4. The van der Waals surface area contributed by atoms with Gasteiger partial charge in [0.2, 0.25) is 0 Å². The van der Waals surface area contributed by atoms with E-state index < -0.39 is 0 Å². The fraction of sp³-hybridized carbons (Fsp3) is 1.00. The van der Waals surface area contributed by atoms with E-state index in [1.165, 1.54) is 13.1 Å². The van der Waals surface area contributed by atoms with Crippen LogP contribution in [0.2, 0.25) is 0 Å². The van der Waals surface area contributed by atoms with E-state index in [0.717, 1.165) is 0 Å². The molecule has 1 saturated heterocycles. The second kappa shape index (κ2) is 3.86. The summed E-state index contributed by atoms with van der Waals surface area (Å²) in [5.74, 6) is 0. The van der Waals surface area contributed by atoms with Gasteiger partial charge in [-0.05, 0) is 13.8 Å². The van der Waals surface area contributed by atoms with Gasteiger partial charge in [-0.15, -0.1) is 0 Å². The van der Waals surface area contributed by atoms with E-state index in [9.17, 15) is 0 Å². The molecular formula is C6H12I2N2. The largest absolute Gasteiger partial charge is 0.242 e. The molecule has 2 nitrogen and oxygen atoms in total. The summed E-state index contributed by atoms with van der Waals surface area (Å²) in [5, 5.41) is 0. The van der Waals surface area contributed by atoms with Gasteiger partial charge in [0.15, 0.2) is 0 Å². The molecule has 2 unspecified atom stereocenters. The highest BCUT2D eigenvalue weighted by Gasteiger charge is 2.25. The fourth-order valence-corrected chi connectivity index (χ4v) is 2.53. The van der Waals surface area contributed by atoms with Gasteiger partial charge in [0.1, 0.15) is 0 Å². The Morgan fingerprint density at radius 2 is 1.30 bits per heavy atom. The Morgan fingerprint density at radius 1 is 1.00 bits per heavy atom. The molecule has 4 heteroatoms. The number of piperazine rings is 1. The van der Waals surface area contributed by atoms with E-state index in [4.69, 9.17) is 0 Å². The van der Waals surface area contributed by atoms with E-state index in [1.54, 1.807) is 0 Å². The van der Waals surface area contributed by atoms with E-state index in [1.807, 2.05) is 0 Å². The molecule has 1 rings (SSSR count). The Morgan fingerprint density at radius 3 is 1.60 bits per heavy atom. The maximum Gasteiger partial charge on any atom is 0.0302 e. The quantitative estimate of drug-likeness (QED) is 0.479. The Hall–Kier alpha value is 1.38. The molecule has 1 heterocycles. The minimum atomic E-state index is 0.702. The molecule has 0 N–H and O–H groups in total. The highest BCUT2D eigenvalue weighted by molar-refractivity contribution is 14.1. The van der Waals surface area contributed by atoms with E-state index in [-0.39, 0.29) is 0 Å². The average Bonchev–Trinajstić information content (AvgIpc) is 1.84. The second-order valence-electron chi connectivity index (χ2n) is 2.86. The predicted octanol–water partition coefficient (Wildman–Crippen LogP) is 2.08. The van der Waals surface area contributed by atoms with Crippen LogP contribution >= 0.6 is 45.7 Å². The molecule has 1 aliphatic heterocycles. The van der Waals surface area contributed by atoms with Gasteiger partial charge in [-0.3, -0.25) is 0 Å². The molecule has 0 aromatic carbocycles. The number of nitrogens with zero attached hydrogens (tertiary/aromatic N) is 2. The highest BCUT2D eigenvalue weighted by Crippen LogP contribution is 2.20. The molecule has 0 amide bonds. The third-order valence-corrected chi connectivity index (χ3v) is 4.52. The van der Waals surface area contributed by atoms with Crippen molar-refractivity contribution in [2.75, 3.05) is 13.1 Å². The molecule has 0 saturated carbocycles. The number of rotatable bonds is 0. The first-order valence-electron chi connectivity index (χ1n) is 3.46. The molecule has 1 aliphatic rings. The van der Waals surface area contributed by atoms with Gasteiger partial charge in [0.25, 0.3) is 0 Å². The topological polar surface area (TPSA) is 6.48 Å². The molecular weight excluding hydrogens is 354 g/mol. The number of hydrogen-bond donors (Lipinski definition) is 0. The molecule has 60 valence electrons. The molecule has 1 fully saturated rings. The second-order valence-corrected chi connectivity index (χ2v) is 5.34. The van der Waals surface area contributed by atoms with E-state index in [0.29, 0.717) is 12.1 Å². The van der Waals surface area contributed by atoms with Gasteiger partial charge >= 0.3 is 0 Å². The van der Waals surface area contributed by atoms with Gasteiger partial charge in [0.05, 0.1) is 0 Å². The van der Waals surface area contributed by atoms with Crippen molar-refractivity contribution < 1.29 is 0 Å². The predicted molar refractivity (Wildman–Crippen MR) is 60.4 cm³/mol. The van der Waals surface area contributed by atoms with E-state index >= 15 is 0 Å². The summed E-state index contributed by atoms with van der Waals surface area (Å²) in [5.41, 5.74) is 0. The maximum atomic E-state index is 2.41. The standard InChI is InChI=1S/C6H12I2N2/c1-5-3-10(8)6(2)4-9(5)7/h5-6H,3-4H2,1-2H3. The van der Waals surface area contributed by atoms with Crippen molar-refractivity contribution in [3.63, 3.8) is 0 Å². The van der Waals surface area contributed by atoms with Crippen molar-refractivity contribution in [2.45, 2.75) is 25.9 Å². The van der Waals surface area contributed by atoms with Crippen molar-refractivity contribution in [3.05, 3.63) is 0 Å². The molecule has 10 heavy (non-hydrogen) atoms. The summed E-state index contributed by atoms with van der Waals surface area (Å²) in [6, 6.07) is 1.40. The lowest BCUT2D eigenvalue weighted by atomic mass is 10.2. The van der Waals surface area contributed by atoms with Crippen LogP contribution in [0.25, 0.3) is 0 Å². The zero-order valence-corrected chi connectivity index (χ0v) is 10.5. The van der Waals surface area contributed by atoms with Crippen molar-refractivity contribution in [1.82, 2.24) is 6.23 Å². The Labute approximate surface area is 90.3 Å². The summed E-state index contributed by atoms with van der Waals surface area (Å²) in [4.78, 5) is 0. The van der Waals surface area contributed by atoms with E-state index in [2.05, 4.69) is 65.8 Å². The molecule has 0 aromatic rings. The highest BCUT2D eigenvalue weighted by atomic mass is 127. The van der Waals surface area contributed by atoms with Crippen molar-refractivity contribution in [1.29, 1.82) is 0 Å². The maximum absolute atomic E-state index is 2.41. The first-order valence-corrected chi connectivity index (χ1v) is 5.39. The van der Waals surface area contributed by atoms with Gasteiger partial charge in [0, 0.05) is 70.9 Å². The van der Waals surface area contributed by atoms with Crippen molar-refractivity contribution >= 4 is 45.7 Å². The fourth-order valence-electron chi connectivity index (χ4n) is 1.04. The van der Waals surface area contributed by atoms with Crippen LogP contribution < -0.4 is 0 Å². The minimum Gasteiger partial charge on any atom is -0.242 e. The third-order valence-electron chi connectivity index (χ3n) is 1.83. The molecule has 2 atom stereocenters. The van der Waals surface area contributed by atoms with Crippen molar-refractivity contribution in [2.24, 2.45) is 0 Å². The van der Waals surface area contributed by atoms with Crippen LogP contribution in [-0.4, -0.2) is 31.4 Å². The summed E-state index contributed by atoms with van der Waals surface area (Å²) in [6.45, 7) is 6.91. The Kier molecular flexibility index (Phi) is 3.66. The minimum absolute atomic E-state index is 0.702. The van der Waals surface area contributed by atoms with Gasteiger partial charge in [-0.2, -0.15) is 0 Å². The number of hydrogen-bond acceptors (Lipinski definition) is 2. The Bertz CT molecular complexity index is 94.3. The summed E-state index contributed by atoms with van der Waals surface area (Å²) >= 11 is 4.82. The summed E-state index contributed by atoms with van der Waals surface area (Å²) < 4.78 is 4.77. The summed E-state index contributed by atoms with van der Waals surface area (Å²) in [6.07, 6.45) is 0. The SMILES string of the molecule is CC1CN(I)C(C)CN1I. The third kappa shape index (κ3) is 2.18. The van der Waals surface area contributed by atoms with Gasteiger partial charge in [-0.25, -0.2) is 6.23 Å². The zero-order valence-electron chi connectivity index (χ0n) is 6.22. The molecule has 0 bridgehead atoms. The molecule has 0 aromatic heterocycles. The Balaban J connectivity index is 2.46. The molecule has 0 spiro atoms. The first-order chi connectivity index (χ1) is 4.61. The first kappa shape index (κ1) is 9.47. The average molecular weight is 366 g/mol. The van der Waals surface area contributed by atoms with Crippen LogP contribution in [0.4, 0.5) is 0 Å². The van der Waals surface area contributed by atoms with Crippen LogP contribution in [0.15, 0.2) is 0 Å². The lowest BCUT2D eigenvalue weighted by molar-refractivity contribution is 0.218. The van der Waals surface area contributed by atoms with Gasteiger partial charge in [-0.1, -0.05) is 0 Å². The van der Waals surface area contributed by atoms with Gasteiger partial charge < -0.3 is 0 Å². The smallest absolute Gasteiger partial charge is 0.0302 e. The van der Waals surface area contributed by atoms with Crippen LogP contribution in [0.5, 0.6) is 0 Å². The molecule has 0 aliphatic carbocycles. The van der Waals surface area contributed by atoms with Crippen LogP contribution in [0.1, 0.15) is 13.8 Å². The van der Waals surface area contributed by atoms with Crippen LogP contribution in [0, 0.1) is 0 Å². The van der Waals surface area contributed by atoms with Crippen LogP contribution in [0.3, 0.4) is 0 Å².